The van der Waals surface area contributed by atoms with Crippen molar-refractivity contribution in [3.8, 4) is 11.5 Å². The molecule has 0 unspecified atom stereocenters. The number of aromatic nitrogens is 1. The van der Waals surface area contributed by atoms with Crippen LogP contribution in [0.1, 0.15) is 75.4 Å². The summed E-state index contributed by atoms with van der Waals surface area (Å²) in [5.74, 6) is 1.09. The predicted molar refractivity (Wildman–Crippen MR) is 255 cm³/mol. The molecule has 64 heavy (non-hydrogen) atoms. The molecule has 3 heterocycles. The third-order valence-corrected chi connectivity index (χ3v) is 10.6. The van der Waals surface area contributed by atoms with E-state index in [-0.39, 0.29) is 13.2 Å². The van der Waals surface area contributed by atoms with Crippen LogP contribution in [-0.4, -0.2) is 153 Å². The summed E-state index contributed by atoms with van der Waals surface area (Å²) in [5.41, 5.74) is 12.7. The number of aliphatic hydroxyl groups is 2. The number of benzene rings is 1. The number of hydrogen-bond donors (Lipinski definition) is 3. The number of ether oxygens (including phenoxy) is 8. The second-order valence-electron chi connectivity index (χ2n) is 14.9. The van der Waals surface area contributed by atoms with E-state index in [2.05, 4.69) is 49.8 Å². The van der Waals surface area contributed by atoms with Crippen molar-refractivity contribution in [2.75, 3.05) is 114 Å². The van der Waals surface area contributed by atoms with E-state index in [1.54, 1.807) is 27.5 Å². The maximum Gasteiger partial charge on any atom is 0.163 e. The number of allylic oxidation sites excluding steroid dienone is 5. The third-order valence-electron chi connectivity index (χ3n) is 10.6. The van der Waals surface area contributed by atoms with Crippen LogP contribution in [0.4, 0.5) is 5.69 Å². The molecular formula is C49H71N5O10. The molecule has 0 amide bonds. The third kappa shape index (κ3) is 16.1. The summed E-state index contributed by atoms with van der Waals surface area (Å²) in [6.07, 6.45) is 12.1. The Balaban J connectivity index is 1.58. The Kier molecular flexibility index (Phi) is 24.2. The lowest BCUT2D eigenvalue weighted by Crippen LogP contribution is -2.14. The van der Waals surface area contributed by atoms with Crippen LogP contribution in [-0.2, 0) is 34.8 Å². The van der Waals surface area contributed by atoms with Gasteiger partial charge in [-0.05, 0) is 110 Å². The minimum absolute atomic E-state index is 0.0696. The molecule has 4 rings (SSSR count). The summed E-state index contributed by atoms with van der Waals surface area (Å²) in [6.45, 7) is 14.0. The molecule has 1 aromatic heterocycles. The lowest BCUT2D eigenvalue weighted by molar-refractivity contribution is 0.0160. The van der Waals surface area contributed by atoms with Gasteiger partial charge in [-0.25, -0.2) is 9.98 Å². The van der Waals surface area contributed by atoms with E-state index in [0.29, 0.717) is 116 Å². The average Bonchev–Trinajstić information content (AvgIpc) is 3.90. The van der Waals surface area contributed by atoms with Gasteiger partial charge in [0.05, 0.1) is 106 Å². The Morgan fingerprint density at radius 1 is 0.625 bits per heavy atom. The van der Waals surface area contributed by atoms with E-state index in [1.807, 2.05) is 24.4 Å². The molecule has 0 fully saturated rings. The van der Waals surface area contributed by atoms with Crippen LogP contribution >= 0.6 is 0 Å². The summed E-state index contributed by atoms with van der Waals surface area (Å²) >= 11 is 0. The molecule has 0 saturated carbocycles. The molecule has 0 bridgehead atoms. The smallest absolute Gasteiger partial charge is 0.163 e. The van der Waals surface area contributed by atoms with Gasteiger partial charge in [0, 0.05) is 52.5 Å². The van der Waals surface area contributed by atoms with Crippen molar-refractivity contribution in [2.24, 2.45) is 20.0 Å². The highest BCUT2D eigenvalue weighted by molar-refractivity contribution is 6.40. The van der Waals surface area contributed by atoms with Gasteiger partial charge in [0.1, 0.15) is 13.2 Å². The average molecular weight is 890 g/mol. The zero-order valence-electron chi connectivity index (χ0n) is 39.1. The first kappa shape index (κ1) is 52.0. The first-order chi connectivity index (χ1) is 31.3. The Labute approximate surface area is 379 Å². The zero-order chi connectivity index (χ0) is 45.9. The molecule has 2 aromatic rings. The first-order valence-corrected chi connectivity index (χ1v) is 22.5. The Morgan fingerprint density at radius 2 is 1.19 bits per heavy atom. The minimum atomic E-state index is 0.0696. The molecule has 15 heteroatoms. The van der Waals surface area contributed by atoms with Crippen molar-refractivity contribution >= 4 is 35.6 Å². The summed E-state index contributed by atoms with van der Waals surface area (Å²) in [7, 11) is 5.04. The lowest BCUT2D eigenvalue weighted by atomic mass is 9.96. The normalized spacial score (nSPS) is 15.6. The number of aromatic amines is 1. The first-order valence-electron chi connectivity index (χ1n) is 22.5. The Hall–Kier alpha value is -4.58. The fourth-order valence-electron chi connectivity index (χ4n) is 7.24. The van der Waals surface area contributed by atoms with Crippen molar-refractivity contribution in [3.05, 3.63) is 80.5 Å². The van der Waals surface area contributed by atoms with Gasteiger partial charge in [-0.1, -0.05) is 13.8 Å². The number of hydrogen-bond acceptors (Lipinski definition) is 14. The van der Waals surface area contributed by atoms with Gasteiger partial charge in [0.2, 0.25) is 0 Å². The molecule has 2 aliphatic heterocycles. The van der Waals surface area contributed by atoms with Crippen molar-refractivity contribution in [1.29, 1.82) is 0 Å². The summed E-state index contributed by atoms with van der Waals surface area (Å²) in [6, 6.07) is 5.56. The van der Waals surface area contributed by atoms with Gasteiger partial charge in [0.25, 0.3) is 0 Å². The molecule has 3 N–H and O–H groups in total. The number of aliphatic imine (C=N–C) groups is 4. The molecule has 15 nitrogen and oxygen atoms in total. The van der Waals surface area contributed by atoms with Gasteiger partial charge in [-0.15, -0.1) is 0 Å². The molecular weight excluding hydrogens is 819 g/mol. The van der Waals surface area contributed by atoms with E-state index >= 15 is 0 Å². The summed E-state index contributed by atoms with van der Waals surface area (Å²) < 4.78 is 44.6. The van der Waals surface area contributed by atoms with Crippen molar-refractivity contribution in [1.82, 2.24) is 4.98 Å². The van der Waals surface area contributed by atoms with Gasteiger partial charge in [-0.3, -0.25) is 9.98 Å². The Bertz CT molecular complexity index is 2010. The summed E-state index contributed by atoms with van der Waals surface area (Å²) in [5, 5.41) is 19.5. The van der Waals surface area contributed by atoms with Crippen LogP contribution in [0.5, 0.6) is 11.5 Å². The molecule has 0 saturated heterocycles. The second kappa shape index (κ2) is 29.8. The minimum Gasteiger partial charge on any atom is -0.487 e. The van der Waals surface area contributed by atoms with Crippen LogP contribution < -0.4 is 9.47 Å². The van der Waals surface area contributed by atoms with Gasteiger partial charge < -0.3 is 53.1 Å². The fourth-order valence-corrected chi connectivity index (χ4v) is 7.24. The van der Waals surface area contributed by atoms with E-state index in [9.17, 15) is 10.2 Å². The van der Waals surface area contributed by atoms with E-state index < -0.39 is 0 Å². The molecule has 0 radical (unpaired) electrons. The van der Waals surface area contributed by atoms with Gasteiger partial charge in [0.15, 0.2) is 11.5 Å². The molecule has 352 valence electrons. The molecule has 1 aromatic carbocycles. The molecule has 0 spiro atoms. The largest absolute Gasteiger partial charge is 0.487 e. The number of aliphatic hydroxyl groups excluding tert-OH is 2. The predicted octanol–water partition coefficient (Wildman–Crippen LogP) is 7.16. The number of H-pyrrole nitrogens is 1. The number of rotatable bonds is 33. The zero-order valence-corrected chi connectivity index (χ0v) is 39.1. The number of nitrogens with one attached hydrogen (secondary N) is 1. The monoisotopic (exact) mass is 890 g/mol. The van der Waals surface area contributed by atoms with Crippen LogP contribution in [0.2, 0.25) is 0 Å². The fraction of sp³-hybridized carbons (Fsp3) is 0.551. The van der Waals surface area contributed by atoms with Gasteiger partial charge >= 0.3 is 0 Å². The highest BCUT2D eigenvalue weighted by atomic mass is 16.6. The van der Waals surface area contributed by atoms with Crippen LogP contribution in [0.15, 0.2) is 77.9 Å². The van der Waals surface area contributed by atoms with E-state index in [1.165, 1.54) is 11.1 Å². The highest BCUT2D eigenvalue weighted by Gasteiger charge is 2.25. The van der Waals surface area contributed by atoms with E-state index in [4.69, 9.17) is 52.9 Å². The van der Waals surface area contributed by atoms with Crippen LogP contribution in [0.25, 0.3) is 6.08 Å². The standard InChI is InChI=1S/C49H71N5O10/c1-8-38-39(9-2)43(52-42(38)31-44-40(12-10-16-55)35(3)46(53-44)33-50-5)32-45-41(13-11-17-56)36(4)47(54-45)34-51-37-14-15-48(63-28-26-61-24-22-59-20-18-57-6)49(30-37)64-29-27-62-25-23-60-21-19-58-7/h14-15,30-34,53,55-56H,8-13,16-29H2,1-7H3/b42-31?,45-32-,50-33?,51-34?. The lowest BCUT2D eigenvalue weighted by Gasteiger charge is -2.14. The van der Waals surface area contributed by atoms with Crippen molar-refractivity contribution < 1.29 is 48.1 Å². The van der Waals surface area contributed by atoms with Crippen LogP contribution in [0.3, 0.4) is 0 Å². The maximum atomic E-state index is 9.85. The van der Waals surface area contributed by atoms with Crippen molar-refractivity contribution in [3.63, 3.8) is 0 Å². The maximum absolute atomic E-state index is 9.85. The quantitative estimate of drug-likeness (QED) is 0.0492. The van der Waals surface area contributed by atoms with E-state index in [0.717, 1.165) is 75.7 Å². The highest BCUT2D eigenvalue weighted by Crippen LogP contribution is 2.37. The van der Waals surface area contributed by atoms with Crippen molar-refractivity contribution in [2.45, 2.75) is 66.2 Å². The Morgan fingerprint density at radius 3 is 1.78 bits per heavy atom. The number of methoxy groups -OCH3 is 2. The molecule has 0 atom stereocenters. The van der Waals surface area contributed by atoms with Gasteiger partial charge in [-0.2, -0.15) is 0 Å². The van der Waals surface area contributed by atoms with Crippen LogP contribution in [0, 0.1) is 6.92 Å². The SMILES string of the molecule is CCC1=C(CC)C(/C=C2\N=C(C=Nc3ccc(OCCOCCOCCOC)c(OCCOCCOCCOC)c3)C(C)=C2CCCO)=NC1=Cc1[nH]c(C=NC)c(C)c1CCCO. The summed E-state index contributed by atoms with van der Waals surface area (Å²) in [4.78, 5) is 23.0. The number of nitrogens with zero attached hydrogens (tertiary/aromatic N) is 4. The topological polar surface area (TPSA) is 180 Å². The molecule has 0 aliphatic carbocycles. The molecule has 2 aliphatic rings. The second-order valence-corrected chi connectivity index (χ2v) is 14.9.